The molecule has 27 heavy (non-hydrogen) atoms. The molecule has 0 aliphatic heterocycles. The maximum Gasteiger partial charge on any atom is 0.194 e. The van der Waals surface area contributed by atoms with Crippen LogP contribution in [0.5, 0.6) is 0 Å². The third-order valence-corrected chi connectivity index (χ3v) is 4.92. The molecule has 0 aliphatic rings. The second-order valence-electron chi connectivity index (χ2n) is 6.23. The minimum atomic E-state index is 0. The topological polar surface area (TPSA) is 58.3 Å². The molecule has 0 fully saturated rings. The average molecular weight is 549 g/mol. The van der Waals surface area contributed by atoms with E-state index < -0.39 is 0 Å². The zero-order valence-corrected chi connectivity index (χ0v) is 20.3. The number of nitrogens with one attached hydrogen (secondary N) is 1. The Morgan fingerprint density at radius 1 is 1.30 bits per heavy atom. The second kappa shape index (κ2) is 13.1. The van der Waals surface area contributed by atoms with Crippen molar-refractivity contribution in [3.8, 4) is 0 Å². The van der Waals surface area contributed by atoms with Crippen molar-refractivity contribution in [1.82, 2.24) is 25.0 Å². The zero-order valence-electron chi connectivity index (χ0n) is 16.4. The number of nitrogens with zero attached hydrogens (tertiary/aromatic N) is 5. The van der Waals surface area contributed by atoms with Gasteiger partial charge in [-0.2, -0.15) is 0 Å². The molecule has 2 aromatic rings. The number of unbranched alkanes of at least 4 members (excludes halogenated alkanes) is 1. The summed E-state index contributed by atoms with van der Waals surface area (Å²) in [6.07, 6.45) is 4.92. The van der Waals surface area contributed by atoms with E-state index in [0.717, 1.165) is 61.7 Å². The third-order valence-electron chi connectivity index (χ3n) is 4.15. The van der Waals surface area contributed by atoms with Gasteiger partial charge in [0, 0.05) is 44.1 Å². The number of halogens is 2. The summed E-state index contributed by atoms with van der Waals surface area (Å²) >= 11 is 3.63. The van der Waals surface area contributed by atoms with Gasteiger partial charge in [-0.1, -0.05) is 54.4 Å². The molecule has 8 heteroatoms. The summed E-state index contributed by atoms with van der Waals surface area (Å²) in [6.45, 7) is 7.53. The molecular weight excluding hydrogens is 519 g/mol. The van der Waals surface area contributed by atoms with E-state index in [1.165, 1.54) is 5.56 Å². The maximum atomic E-state index is 4.78. The molecule has 0 aliphatic carbocycles. The van der Waals surface area contributed by atoms with Crippen LogP contribution in [0.2, 0.25) is 0 Å². The number of benzene rings is 1. The van der Waals surface area contributed by atoms with E-state index in [1.54, 1.807) is 6.33 Å². The fourth-order valence-corrected chi connectivity index (χ4v) is 3.05. The zero-order chi connectivity index (χ0) is 18.8. The maximum absolute atomic E-state index is 4.78. The quantitative estimate of drug-likeness (QED) is 0.222. The lowest BCUT2D eigenvalue weighted by molar-refractivity contribution is 0.469. The molecule has 1 N–H and O–H groups in total. The van der Waals surface area contributed by atoms with Crippen molar-refractivity contribution in [3.63, 3.8) is 0 Å². The molecule has 0 amide bonds. The molecule has 150 valence electrons. The Hall–Kier alpha value is -1.16. The van der Waals surface area contributed by atoms with Crippen molar-refractivity contribution in [2.75, 3.05) is 20.1 Å². The van der Waals surface area contributed by atoms with E-state index in [9.17, 15) is 0 Å². The standard InChI is InChI=1S/C19H29BrN6.HI/c1-4-6-11-21-19(22-12-13-26-15-23-24-18(26)5-2)25(3)14-16-9-7-8-10-17(16)20;/h7-10,15H,4-6,11-14H2,1-3H3,(H,21,22);1H. The van der Waals surface area contributed by atoms with Gasteiger partial charge >= 0.3 is 0 Å². The molecule has 0 bridgehead atoms. The van der Waals surface area contributed by atoms with Gasteiger partial charge in [0.2, 0.25) is 0 Å². The molecular formula is C19H30BrIN6. The van der Waals surface area contributed by atoms with Crippen LogP contribution in [0, 0.1) is 0 Å². The van der Waals surface area contributed by atoms with Gasteiger partial charge in [0.1, 0.15) is 12.2 Å². The van der Waals surface area contributed by atoms with Crippen LogP contribution in [0.3, 0.4) is 0 Å². The van der Waals surface area contributed by atoms with Crippen molar-refractivity contribution in [3.05, 3.63) is 46.5 Å². The summed E-state index contributed by atoms with van der Waals surface area (Å²) in [4.78, 5) is 6.95. The molecule has 0 radical (unpaired) electrons. The van der Waals surface area contributed by atoms with E-state index in [0.29, 0.717) is 0 Å². The van der Waals surface area contributed by atoms with Crippen LogP contribution >= 0.6 is 39.9 Å². The van der Waals surface area contributed by atoms with Gasteiger partial charge in [-0.05, 0) is 18.1 Å². The summed E-state index contributed by atoms with van der Waals surface area (Å²) in [5.41, 5.74) is 1.24. The molecule has 0 saturated carbocycles. The summed E-state index contributed by atoms with van der Waals surface area (Å²) in [5.74, 6) is 1.94. The predicted octanol–water partition coefficient (Wildman–Crippen LogP) is 4.10. The Labute approximate surface area is 188 Å². The van der Waals surface area contributed by atoms with Crippen LogP contribution < -0.4 is 5.32 Å². The van der Waals surface area contributed by atoms with Crippen molar-refractivity contribution in [2.45, 2.75) is 46.2 Å². The monoisotopic (exact) mass is 548 g/mol. The molecule has 1 aromatic carbocycles. The fraction of sp³-hybridized carbons (Fsp3) is 0.526. The van der Waals surface area contributed by atoms with Gasteiger partial charge in [0.05, 0.1) is 0 Å². The average Bonchev–Trinajstić information content (AvgIpc) is 3.10. The Balaban J connectivity index is 0.00000364. The number of rotatable bonds is 9. The van der Waals surface area contributed by atoms with Crippen LogP contribution in [-0.4, -0.2) is 45.8 Å². The van der Waals surface area contributed by atoms with Crippen LogP contribution in [-0.2, 0) is 19.5 Å². The normalized spacial score (nSPS) is 11.2. The highest BCUT2D eigenvalue weighted by molar-refractivity contribution is 14.0. The Bertz CT molecular complexity index is 703. The smallest absolute Gasteiger partial charge is 0.194 e. The molecule has 0 spiro atoms. The Kier molecular flexibility index (Phi) is 11.6. The van der Waals surface area contributed by atoms with Gasteiger partial charge in [-0.25, -0.2) is 0 Å². The first-order valence-electron chi connectivity index (χ1n) is 9.25. The van der Waals surface area contributed by atoms with Crippen LogP contribution in [0.4, 0.5) is 0 Å². The van der Waals surface area contributed by atoms with Crippen LogP contribution in [0.1, 0.15) is 38.1 Å². The fourth-order valence-electron chi connectivity index (χ4n) is 2.64. The number of hydrogen-bond donors (Lipinski definition) is 1. The number of aromatic nitrogens is 3. The lowest BCUT2D eigenvalue weighted by Gasteiger charge is -2.23. The van der Waals surface area contributed by atoms with Crippen LogP contribution in [0.25, 0.3) is 0 Å². The first kappa shape index (κ1) is 23.9. The SMILES string of the molecule is CCCCN=C(NCCn1cnnc1CC)N(C)Cc1ccccc1Br.I. The highest BCUT2D eigenvalue weighted by Crippen LogP contribution is 2.17. The molecule has 6 nitrogen and oxygen atoms in total. The highest BCUT2D eigenvalue weighted by Gasteiger charge is 2.09. The number of aryl methyl sites for hydroxylation is 1. The molecule has 0 saturated heterocycles. The van der Waals surface area contributed by atoms with E-state index in [1.807, 2.05) is 6.07 Å². The number of hydrogen-bond acceptors (Lipinski definition) is 3. The van der Waals surface area contributed by atoms with Crippen molar-refractivity contribution < 1.29 is 0 Å². The Morgan fingerprint density at radius 3 is 2.78 bits per heavy atom. The van der Waals surface area contributed by atoms with Crippen molar-refractivity contribution >= 4 is 45.9 Å². The summed E-state index contributed by atoms with van der Waals surface area (Å²) < 4.78 is 3.21. The van der Waals surface area contributed by atoms with Gasteiger partial charge in [-0.15, -0.1) is 34.2 Å². The largest absolute Gasteiger partial charge is 0.354 e. The minimum Gasteiger partial charge on any atom is -0.354 e. The number of guanidine groups is 1. The molecule has 1 heterocycles. The minimum absolute atomic E-state index is 0. The van der Waals surface area contributed by atoms with E-state index in [-0.39, 0.29) is 24.0 Å². The summed E-state index contributed by atoms with van der Waals surface area (Å²) in [5, 5.41) is 11.6. The van der Waals surface area contributed by atoms with Crippen molar-refractivity contribution in [2.24, 2.45) is 4.99 Å². The van der Waals surface area contributed by atoms with Gasteiger partial charge in [0.25, 0.3) is 0 Å². The van der Waals surface area contributed by atoms with E-state index in [4.69, 9.17) is 4.99 Å². The van der Waals surface area contributed by atoms with Gasteiger partial charge < -0.3 is 14.8 Å². The van der Waals surface area contributed by atoms with E-state index >= 15 is 0 Å². The summed E-state index contributed by atoms with van der Waals surface area (Å²) in [7, 11) is 2.08. The van der Waals surface area contributed by atoms with Gasteiger partial charge in [-0.3, -0.25) is 4.99 Å². The summed E-state index contributed by atoms with van der Waals surface area (Å²) in [6, 6.07) is 8.30. The molecule has 1 aromatic heterocycles. The molecule has 0 atom stereocenters. The number of aliphatic imine (C=N–C) groups is 1. The first-order valence-corrected chi connectivity index (χ1v) is 10.0. The lowest BCUT2D eigenvalue weighted by atomic mass is 10.2. The Morgan fingerprint density at radius 2 is 2.07 bits per heavy atom. The highest BCUT2D eigenvalue weighted by atomic mass is 127. The predicted molar refractivity (Wildman–Crippen MR) is 126 cm³/mol. The second-order valence-corrected chi connectivity index (χ2v) is 7.08. The van der Waals surface area contributed by atoms with Crippen LogP contribution in [0.15, 0.2) is 40.1 Å². The van der Waals surface area contributed by atoms with Gasteiger partial charge in [0.15, 0.2) is 5.96 Å². The third kappa shape index (κ3) is 7.77. The molecule has 2 rings (SSSR count). The molecule has 0 unspecified atom stereocenters. The van der Waals surface area contributed by atoms with E-state index in [2.05, 4.69) is 80.0 Å². The first-order chi connectivity index (χ1) is 12.7. The lowest BCUT2D eigenvalue weighted by Crippen LogP contribution is -2.40. The van der Waals surface area contributed by atoms with Crippen molar-refractivity contribution in [1.29, 1.82) is 0 Å².